The van der Waals surface area contributed by atoms with Crippen molar-refractivity contribution in [2.24, 2.45) is 0 Å². The maximum absolute atomic E-state index is 12.6. The molecule has 4 aliphatic heterocycles. The van der Waals surface area contributed by atoms with E-state index >= 15 is 0 Å². The van der Waals surface area contributed by atoms with Crippen LogP contribution in [0.1, 0.15) is 78.2 Å². The Hall–Kier alpha value is -5.03. The molecule has 48 heavy (non-hydrogen) atoms. The Balaban J connectivity index is 0.000000188. The summed E-state index contributed by atoms with van der Waals surface area (Å²) < 4.78 is 34.6. The SMILES string of the molecule is C=S(C)(=O)Cc1ccc2c(c1)C(=O)N(C1CCC(=O)NC1=O)C2=O.CS(=O)(=O)Cc1ccc2c(c1)C(=O)N(C1CCC(=O)NC1=O)C2=O. The number of benzene rings is 2. The molecule has 2 fully saturated rings. The molecule has 2 aromatic carbocycles. The van der Waals surface area contributed by atoms with Crippen molar-refractivity contribution >= 4 is 72.5 Å². The number of piperidine rings is 2. The molecule has 8 amide bonds. The number of hydrogen-bond acceptors (Lipinski definition) is 11. The van der Waals surface area contributed by atoms with E-state index in [0.717, 1.165) is 16.1 Å². The predicted octanol–water partition coefficient (Wildman–Crippen LogP) is -0.434. The molecule has 0 spiro atoms. The highest BCUT2D eigenvalue weighted by molar-refractivity contribution is 7.98. The van der Waals surface area contributed by atoms with Crippen molar-refractivity contribution in [3.63, 3.8) is 0 Å². The van der Waals surface area contributed by atoms with Gasteiger partial charge in [0.15, 0.2) is 9.84 Å². The molecule has 6 rings (SSSR count). The first-order valence-corrected chi connectivity index (χ1v) is 18.9. The zero-order valence-corrected chi connectivity index (χ0v) is 27.4. The number of fused-ring (bicyclic) bond motifs is 2. The van der Waals surface area contributed by atoms with Gasteiger partial charge in [-0.15, -0.1) is 0 Å². The van der Waals surface area contributed by atoms with Gasteiger partial charge in [-0.3, -0.25) is 63.0 Å². The smallest absolute Gasteiger partial charge is 0.262 e. The third-order valence-electron chi connectivity index (χ3n) is 7.91. The van der Waals surface area contributed by atoms with Crippen molar-refractivity contribution < 1.29 is 51.0 Å². The van der Waals surface area contributed by atoms with Gasteiger partial charge >= 0.3 is 0 Å². The number of carbonyl (C=O) groups excluding carboxylic acids is 8. The fourth-order valence-corrected chi connectivity index (χ4v) is 7.54. The summed E-state index contributed by atoms with van der Waals surface area (Å²) in [4.78, 5) is 98.2. The molecule has 0 radical (unpaired) electrons. The van der Waals surface area contributed by atoms with E-state index in [4.69, 9.17) is 0 Å². The van der Waals surface area contributed by atoms with Crippen molar-refractivity contribution in [2.45, 2.75) is 49.3 Å². The van der Waals surface area contributed by atoms with Crippen LogP contribution in [-0.4, -0.2) is 100 Å². The van der Waals surface area contributed by atoms with E-state index in [-0.39, 0.29) is 59.4 Å². The van der Waals surface area contributed by atoms with Crippen molar-refractivity contribution in [3.05, 3.63) is 69.8 Å². The van der Waals surface area contributed by atoms with E-state index in [1.165, 1.54) is 36.6 Å². The number of hydrogen-bond donors (Lipinski definition) is 2. The number of nitrogens with one attached hydrogen (secondary N) is 2. The Bertz CT molecular complexity index is 1920. The van der Waals surface area contributed by atoms with Gasteiger partial charge in [0.2, 0.25) is 23.6 Å². The normalized spacial score (nSPS) is 22.0. The fraction of sp³-hybridized carbons (Fsp3) is 0.323. The van der Waals surface area contributed by atoms with Crippen molar-refractivity contribution in [3.8, 4) is 0 Å². The summed E-state index contributed by atoms with van der Waals surface area (Å²) in [5.41, 5.74) is 1.63. The van der Waals surface area contributed by atoms with Crippen molar-refractivity contribution in [2.75, 3.05) is 12.5 Å². The molecule has 4 aliphatic rings. The second-order valence-corrected chi connectivity index (χ2v) is 16.8. The Kier molecular flexibility index (Phi) is 8.96. The van der Waals surface area contributed by atoms with Crippen LogP contribution in [0, 0.1) is 0 Å². The Morgan fingerprint density at radius 3 is 1.35 bits per heavy atom. The molecule has 3 unspecified atom stereocenters. The minimum Gasteiger partial charge on any atom is -0.295 e. The van der Waals surface area contributed by atoms with Crippen LogP contribution in [0.3, 0.4) is 0 Å². The summed E-state index contributed by atoms with van der Waals surface area (Å²) in [5, 5.41) is 4.26. The molecule has 0 aromatic heterocycles. The monoisotopic (exact) mass is 698 g/mol. The Labute approximate surface area is 274 Å². The summed E-state index contributed by atoms with van der Waals surface area (Å²) in [6.45, 7) is 0. The first-order valence-electron chi connectivity index (χ1n) is 14.5. The lowest BCUT2D eigenvalue weighted by atomic mass is 10.0. The minimum absolute atomic E-state index is 0.0448. The lowest BCUT2D eigenvalue weighted by Gasteiger charge is -2.27. The van der Waals surface area contributed by atoms with Gasteiger partial charge in [-0.2, -0.15) is 0 Å². The quantitative estimate of drug-likeness (QED) is 0.291. The van der Waals surface area contributed by atoms with E-state index < -0.39 is 78.7 Å². The summed E-state index contributed by atoms with van der Waals surface area (Å²) in [6.07, 6.45) is 2.90. The van der Waals surface area contributed by atoms with Crippen molar-refractivity contribution in [1.29, 1.82) is 0 Å². The lowest BCUT2D eigenvalue weighted by molar-refractivity contribution is -0.137. The van der Waals surface area contributed by atoms with Crippen LogP contribution in [-0.2, 0) is 50.0 Å². The predicted molar refractivity (Wildman–Crippen MR) is 170 cm³/mol. The largest absolute Gasteiger partial charge is 0.295 e. The molecular formula is C31H30N4O11S2. The number of nitrogens with zero attached hydrogens (tertiary/aromatic N) is 2. The minimum atomic E-state index is -3.29. The fourth-order valence-electron chi connectivity index (χ4n) is 5.87. The number of carbonyl (C=O) groups is 8. The number of imide groups is 4. The van der Waals surface area contributed by atoms with Gasteiger partial charge in [0.1, 0.15) is 12.1 Å². The first kappa shape index (κ1) is 34.3. The highest BCUT2D eigenvalue weighted by atomic mass is 32.2. The molecule has 0 bridgehead atoms. The van der Waals surface area contributed by atoms with Crippen LogP contribution < -0.4 is 10.6 Å². The number of sulfone groups is 1. The van der Waals surface area contributed by atoms with Gasteiger partial charge in [0.25, 0.3) is 23.6 Å². The highest BCUT2D eigenvalue weighted by Gasteiger charge is 2.46. The second kappa shape index (κ2) is 12.5. The summed E-state index contributed by atoms with van der Waals surface area (Å²) in [7, 11) is -5.57. The maximum atomic E-state index is 12.6. The number of amides is 8. The zero-order chi connectivity index (χ0) is 35.3. The van der Waals surface area contributed by atoms with E-state index in [0.29, 0.717) is 11.1 Å². The van der Waals surface area contributed by atoms with Crippen LogP contribution in [0.4, 0.5) is 0 Å². The van der Waals surface area contributed by atoms with Crippen LogP contribution in [0.2, 0.25) is 0 Å². The molecule has 2 aromatic rings. The van der Waals surface area contributed by atoms with E-state index in [1.54, 1.807) is 6.07 Å². The van der Waals surface area contributed by atoms with Gasteiger partial charge in [0.05, 0.1) is 28.0 Å². The van der Waals surface area contributed by atoms with Gasteiger partial charge in [-0.1, -0.05) is 12.1 Å². The van der Waals surface area contributed by atoms with Gasteiger partial charge in [0, 0.05) is 31.1 Å². The van der Waals surface area contributed by atoms with Crippen LogP contribution in [0.15, 0.2) is 36.4 Å². The topological polar surface area (TPSA) is 218 Å². The molecule has 0 aliphatic carbocycles. The molecule has 15 nitrogen and oxygen atoms in total. The average molecular weight is 699 g/mol. The zero-order valence-electron chi connectivity index (χ0n) is 25.8. The second-order valence-electron chi connectivity index (χ2n) is 12.1. The molecule has 0 saturated carbocycles. The van der Waals surface area contributed by atoms with E-state index in [9.17, 15) is 51.0 Å². The van der Waals surface area contributed by atoms with Crippen LogP contribution in [0.25, 0.3) is 0 Å². The van der Waals surface area contributed by atoms with Gasteiger partial charge in [-0.05, 0) is 63.6 Å². The van der Waals surface area contributed by atoms with Crippen molar-refractivity contribution in [1.82, 2.24) is 20.4 Å². The average Bonchev–Trinajstić information content (AvgIpc) is 3.35. The Morgan fingerprint density at radius 1 is 0.625 bits per heavy atom. The van der Waals surface area contributed by atoms with Gasteiger partial charge in [-0.25, -0.2) is 8.42 Å². The third kappa shape index (κ3) is 6.96. The lowest BCUT2D eigenvalue weighted by Crippen LogP contribution is -2.54. The van der Waals surface area contributed by atoms with Gasteiger partial charge < -0.3 is 0 Å². The Morgan fingerprint density at radius 2 is 1.00 bits per heavy atom. The summed E-state index contributed by atoms with van der Waals surface area (Å²) >= 11 is 0. The first-order chi connectivity index (χ1) is 22.3. The maximum Gasteiger partial charge on any atom is 0.262 e. The number of rotatable bonds is 6. The molecule has 252 valence electrons. The summed E-state index contributed by atoms with van der Waals surface area (Å²) in [6, 6.07) is 6.86. The molecule has 4 heterocycles. The van der Waals surface area contributed by atoms with Crippen LogP contribution >= 0.6 is 0 Å². The molecule has 2 saturated heterocycles. The molecule has 17 heteroatoms. The van der Waals surface area contributed by atoms with E-state index in [1.807, 2.05) is 0 Å². The summed E-state index contributed by atoms with van der Waals surface area (Å²) in [5.74, 6) is -1.05. The third-order valence-corrected chi connectivity index (χ3v) is 9.71. The van der Waals surface area contributed by atoms with Crippen LogP contribution in [0.5, 0.6) is 0 Å². The van der Waals surface area contributed by atoms with E-state index in [2.05, 4.69) is 16.5 Å². The standard InChI is InChI=1S/C16H16N2O5S.C15H14N2O6S/c1-24(2,23)8-9-3-4-10-11(7-9)16(22)18(15(10)21)12-5-6-13(19)17-14(12)20;1-24(22,23)7-8-2-3-9-10(6-8)15(21)17(14(9)20)11-4-5-12(18)16-13(11)19/h3-4,7,12H,1,5-6,8H2,2H3,(H,17,19,20);2-3,6,11H,4-5,7H2,1H3,(H,16,18,19). The molecule has 2 N–H and O–H groups in total. The molecule has 3 atom stereocenters. The molecular weight excluding hydrogens is 668 g/mol. The highest BCUT2D eigenvalue weighted by Crippen LogP contribution is 2.30.